The monoisotopic (exact) mass is 259 g/mol. The minimum Gasteiger partial charge on any atom is -0.349 e. The van der Waals surface area contributed by atoms with Crippen LogP contribution in [-0.4, -0.2) is 22.1 Å². The Bertz CT molecular complexity index is 479. The van der Waals surface area contributed by atoms with Gasteiger partial charge in [0, 0.05) is 12.2 Å². The Morgan fingerprint density at radius 3 is 2.68 bits per heavy atom. The lowest BCUT2D eigenvalue weighted by Gasteiger charge is -2.59. The summed E-state index contributed by atoms with van der Waals surface area (Å²) in [5.74, 6) is 2.36. The first kappa shape index (κ1) is 11.5. The number of aromatic nitrogens is 2. The molecular formula is C15H21N3O. The second-order valence-electron chi connectivity index (χ2n) is 7.27. The van der Waals surface area contributed by atoms with Crippen LogP contribution in [0, 0.1) is 23.2 Å². The van der Waals surface area contributed by atoms with Crippen molar-refractivity contribution >= 4 is 5.91 Å². The lowest BCUT2D eigenvalue weighted by molar-refractivity contribution is -0.0641. The topological polar surface area (TPSA) is 57.8 Å². The summed E-state index contributed by atoms with van der Waals surface area (Å²) in [6, 6.07) is 0.395. The van der Waals surface area contributed by atoms with Gasteiger partial charge in [0.25, 0.3) is 5.91 Å². The zero-order valence-corrected chi connectivity index (χ0v) is 11.4. The molecule has 0 saturated heterocycles. The van der Waals surface area contributed by atoms with Crippen molar-refractivity contribution in [2.45, 2.75) is 45.1 Å². The molecule has 102 valence electrons. The minimum atomic E-state index is 0.0383. The number of aromatic amines is 1. The Labute approximate surface area is 113 Å². The van der Waals surface area contributed by atoms with Crippen LogP contribution in [0.25, 0.3) is 0 Å². The molecule has 2 atom stereocenters. The van der Waals surface area contributed by atoms with Gasteiger partial charge in [-0.1, -0.05) is 6.92 Å². The highest BCUT2D eigenvalue weighted by Crippen LogP contribution is 2.59. The number of hydrogen-bond donors (Lipinski definition) is 2. The van der Waals surface area contributed by atoms with Crippen LogP contribution in [0.2, 0.25) is 0 Å². The van der Waals surface area contributed by atoms with Crippen LogP contribution in [0.3, 0.4) is 0 Å². The summed E-state index contributed by atoms with van der Waals surface area (Å²) >= 11 is 0. The molecule has 0 aromatic carbocycles. The second kappa shape index (κ2) is 3.84. The van der Waals surface area contributed by atoms with Gasteiger partial charge in [-0.05, 0) is 55.3 Å². The summed E-state index contributed by atoms with van der Waals surface area (Å²) in [6.45, 7) is 2.45. The molecule has 4 fully saturated rings. The molecule has 4 bridgehead atoms. The molecule has 1 aromatic heterocycles. The molecule has 1 aromatic rings. The van der Waals surface area contributed by atoms with Gasteiger partial charge in [0.2, 0.25) is 0 Å². The molecule has 4 saturated carbocycles. The summed E-state index contributed by atoms with van der Waals surface area (Å²) in [5.41, 5.74) is 1.22. The lowest BCUT2D eigenvalue weighted by atomic mass is 9.48. The fraction of sp³-hybridized carbons (Fsp3) is 0.733. The Hall–Kier alpha value is -1.32. The van der Waals surface area contributed by atoms with Crippen LogP contribution in [0.4, 0.5) is 0 Å². The third-order valence-electron chi connectivity index (χ3n) is 5.64. The maximum Gasteiger partial charge on any atom is 0.254 e. The van der Waals surface area contributed by atoms with E-state index in [1.807, 2.05) is 0 Å². The number of nitrogens with zero attached hydrogens (tertiary/aromatic N) is 1. The van der Waals surface area contributed by atoms with Gasteiger partial charge in [-0.3, -0.25) is 9.89 Å². The first-order valence-corrected chi connectivity index (χ1v) is 7.43. The van der Waals surface area contributed by atoms with Gasteiger partial charge in [0.05, 0.1) is 11.8 Å². The molecule has 4 nitrogen and oxygen atoms in total. The van der Waals surface area contributed by atoms with Crippen LogP contribution in [-0.2, 0) is 0 Å². The summed E-state index contributed by atoms with van der Waals surface area (Å²) in [7, 11) is 0. The number of rotatable bonds is 2. The fourth-order valence-electron chi connectivity index (χ4n) is 5.28. The van der Waals surface area contributed by atoms with E-state index in [1.165, 1.54) is 32.1 Å². The number of hydrogen-bond acceptors (Lipinski definition) is 2. The first-order chi connectivity index (χ1) is 9.13. The highest BCUT2D eigenvalue weighted by Gasteiger charge is 2.53. The Morgan fingerprint density at radius 1 is 1.37 bits per heavy atom. The molecular weight excluding hydrogens is 238 g/mol. The predicted molar refractivity (Wildman–Crippen MR) is 71.5 cm³/mol. The van der Waals surface area contributed by atoms with E-state index >= 15 is 0 Å². The molecule has 0 spiro atoms. The van der Waals surface area contributed by atoms with Crippen molar-refractivity contribution in [3.63, 3.8) is 0 Å². The first-order valence-electron chi connectivity index (χ1n) is 7.43. The highest BCUT2D eigenvalue weighted by atomic mass is 16.1. The zero-order chi connectivity index (χ0) is 13.0. The molecule has 2 N–H and O–H groups in total. The van der Waals surface area contributed by atoms with Crippen LogP contribution < -0.4 is 5.32 Å². The molecule has 19 heavy (non-hydrogen) atoms. The van der Waals surface area contributed by atoms with Crippen molar-refractivity contribution in [2.24, 2.45) is 23.2 Å². The molecule has 0 radical (unpaired) electrons. The van der Waals surface area contributed by atoms with Crippen LogP contribution in [0.15, 0.2) is 12.4 Å². The van der Waals surface area contributed by atoms with E-state index in [0.29, 0.717) is 28.9 Å². The van der Waals surface area contributed by atoms with Gasteiger partial charge in [-0.25, -0.2) is 0 Å². The van der Waals surface area contributed by atoms with Crippen molar-refractivity contribution < 1.29 is 4.79 Å². The van der Waals surface area contributed by atoms with Crippen molar-refractivity contribution in [3.05, 3.63) is 18.0 Å². The zero-order valence-electron chi connectivity index (χ0n) is 11.4. The highest BCUT2D eigenvalue weighted by molar-refractivity contribution is 5.93. The normalized spacial score (nSPS) is 43.4. The molecule has 2 unspecified atom stereocenters. The largest absolute Gasteiger partial charge is 0.349 e. The van der Waals surface area contributed by atoms with Gasteiger partial charge < -0.3 is 5.32 Å². The quantitative estimate of drug-likeness (QED) is 0.856. The van der Waals surface area contributed by atoms with E-state index < -0.39 is 0 Å². The Morgan fingerprint density at radius 2 is 2.11 bits per heavy atom. The molecule has 4 aliphatic rings. The molecule has 4 heteroatoms. The maximum atomic E-state index is 12.2. The van der Waals surface area contributed by atoms with E-state index in [1.54, 1.807) is 12.4 Å². The molecule has 0 aliphatic heterocycles. The molecule has 1 amide bonds. The smallest absolute Gasteiger partial charge is 0.254 e. The molecule has 5 rings (SSSR count). The molecule has 4 aliphatic carbocycles. The fourth-order valence-corrected chi connectivity index (χ4v) is 5.28. The van der Waals surface area contributed by atoms with Crippen molar-refractivity contribution in [1.29, 1.82) is 0 Å². The SMILES string of the molecule is CC12CC3CC(C1)C(NC(=O)c1cn[nH]c1)C(C3)C2. The summed E-state index contributed by atoms with van der Waals surface area (Å²) in [5, 5.41) is 9.84. The van der Waals surface area contributed by atoms with Crippen LogP contribution in [0.5, 0.6) is 0 Å². The Kier molecular flexibility index (Phi) is 2.32. The second-order valence-corrected chi connectivity index (χ2v) is 7.27. The van der Waals surface area contributed by atoms with E-state index in [2.05, 4.69) is 22.4 Å². The van der Waals surface area contributed by atoms with Gasteiger partial charge in [0.15, 0.2) is 0 Å². The van der Waals surface area contributed by atoms with E-state index in [0.717, 1.165) is 5.92 Å². The van der Waals surface area contributed by atoms with Gasteiger partial charge in [-0.15, -0.1) is 0 Å². The number of H-pyrrole nitrogens is 1. The van der Waals surface area contributed by atoms with Crippen molar-refractivity contribution in [1.82, 2.24) is 15.5 Å². The third kappa shape index (κ3) is 1.80. The number of amides is 1. The van der Waals surface area contributed by atoms with Crippen molar-refractivity contribution in [2.75, 3.05) is 0 Å². The summed E-state index contributed by atoms with van der Waals surface area (Å²) in [4.78, 5) is 12.2. The number of carbonyl (C=O) groups excluding carboxylic acids is 1. The van der Waals surface area contributed by atoms with E-state index in [4.69, 9.17) is 0 Å². The number of nitrogens with one attached hydrogen (secondary N) is 2. The summed E-state index contributed by atoms with van der Waals surface area (Å²) in [6.07, 6.45) is 9.94. The van der Waals surface area contributed by atoms with Crippen molar-refractivity contribution in [3.8, 4) is 0 Å². The Balaban J connectivity index is 1.52. The van der Waals surface area contributed by atoms with Gasteiger partial charge in [-0.2, -0.15) is 5.10 Å². The van der Waals surface area contributed by atoms with E-state index in [-0.39, 0.29) is 5.91 Å². The van der Waals surface area contributed by atoms with Crippen LogP contribution in [0.1, 0.15) is 49.4 Å². The average molecular weight is 259 g/mol. The standard InChI is InChI=1S/C15H21N3O/c1-15-4-9-2-10(5-15)13(11(3-9)6-15)18-14(19)12-7-16-17-8-12/h7-11,13H,2-6H2,1H3,(H,16,17)(H,18,19). The van der Waals surface area contributed by atoms with Gasteiger partial charge in [0.1, 0.15) is 0 Å². The van der Waals surface area contributed by atoms with Crippen LogP contribution >= 0.6 is 0 Å². The number of carbonyl (C=O) groups is 1. The third-order valence-corrected chi connectivity index (χ3v) is 5.64. The minimum absolute atomic E-state index is 0.0383. The van der Waals surface area contributed by atoms with Gasteiger partial charge >= 0.3 is 0 Å². The average Bonchev–Trinajstić information content (AvgIpc) is 2.85. The predicted octanol–water partition coefficient (Wildman–Crippen LogP) is 2.35. The van der Waals surface area contributed by atoms with E-state index in [9.17, 15) is 4.79 Å². The lowest BCUT2D eigenvalue weighted by Crippen LogP contribution is -2.58. The maximum absolute atomic E-state index is 12.2. The summed E-state index contributed by atoms with van der Waals surface area (Å²) < 4.78 is 0. The molecule has 1 heterocycles.